The predicted octanol–water partition coefficient (Wildman–Crippen LogP) is 6.63. The van der Waals surface area contributed by atoms with Gasteiger partial charge in [0.25, 0.3) is 0 Å². The number of benzene rings is 3. The molecule has 3 aromatic rings. The summed E-state index contributed by atoms with van der Waals surface area (Å²) in [5, 5.41) is 21.4. The number of esters is 1. The Hall–Kier alpha value is -3.60. The van der Waals surface area contributed by atoms with Crippen LogP contribution in [0, 0.1) is 0 Å². The van der Waals surface area contributed by atoms with E-state index in [0.717, 1.165) is 16.7 Å². The number of hydrogen-bond donors (Lipinski definition) is 2. The van der Waals surface area contributed by atoms with Crippen LogP contribution < -0.4 is 4.74 Å². The van der Waals surface area contributed by atoms with Gasteiger partial charge in [-0.1, -0.05) is 84.0 Å². The molecule has 1 atom stereocenters. The Bertz CT molecular complexity index is 1210. The summed E-state index contributed by atoms with van der Waals surface area (Å²) in [5.74, 6) is -1.30. The lowest BCUT2D eigenvalue weighted by molar-refractivity contribution is -0.135. The summed E-state index contributed by atoms with van der Waals surface area (Å²) < 4.78 is 5.56. The monoisotopic (exact) mass is 474 g/mol. The molecule has 0 saturated carbocycles. The Morgan fingerprint density at radius 2 is 1.34 bits per heavy atom. The predicted molar refractivity (Wildman–Crippen MR) is 138 cm³/mol. The van der Waals surface area contributed by atoms with Crippen molar-refractivity contribution in [3.8, 4) is 17.2 Å². The summed E-state index contributed by atoms with van der Waals surface area (Å²) in [6, 6.07) is 16.6. The van der Waals surface area contributed by atoms with Gasteiger partial charge in [-0.25, -0.2) is 0 Å². The van der Waals surface area contributed by atoms with Crippen molar-refractivity contribution in [1.29, 1.82) is 0 Å². The van der Waals surface area contributed by atoms with E-state index in [2.05, 4.69) is 0 Å². The van der Waals surface area contributed by atoms with Crippen LogP contribution in [0.2, 0.25) is 0 Å². The SMILES string of the molecule is CC(C(=O)Oc1ccc(C(=O)c2ccccc2)c(O)c1)c1cc(C(C)(C)C)c(O)c(C(C)(C)C)c1. The van der Waals surface area contributed by atoms with Crippen LogP contribution in [0.15, 0.2) is 60.7 Å². The minimum absolute atomic E-state index is 0.132. The van der Waals surface area contributed by atoms with Crippen molar-refractivity contribution >= 4 is 11.8 Å². The van der Waals surface area contributed by atoms with Crippen LogP contribution in [0.25, 0.3) is 0 Å². The van der Waals surface area contributed by atoms with Gasteiger partial charge < -0.3 is 14.9 Å². The lowest BCUT2D eigenvalue weighted by Gasteiger charge is -2.29. The summed E-state index contributed by atoms with van der Waals surface area (Å²) in [4.78, 5) is 25.7. The van der Waals surface area contributed by atoms with Gasteiger partial charge in [-0.3, -0.25) is 9.59 Å². The van der Waals surface area contributed by atoms with Gasteiger partial charge in [0, 0.05) is 11.6 Å². The summed E-state index contributed by atoms with van der Waals surface area (Å²) in [5.41, 5.74) is 2.21. The number of aromatic hydroxyl groups is 2. The average molecular weight is 475 g/mol. The van der Waals surface area contributed by atoms with E-state index in [9.17, 15) is 19.8 Å². The van der Waals surface area contributed by atoms with Gasteiger partial charge in [0.1, 0.15) is 17.2 Å². The van der Waals surface area contributed by atoms with E-state index >= 15 is 0 Å². The van der Waals surface area contributed by atoms with E-state index in [1.165, 1.54) is 18.2 Å². The molecule has 1 unspecified atom stereocenters. The zero-order valence-electron chi connectivity index (χ0n) is 21.5. The van der Waals surface area contributed by atoms with Crippen molar-refractivity contribution in [2.75, 3.05) is 0 Å². The number of carbonyl (C=O) groups is 2. The zero-order chi connectivity index (χ0) is 26.1. The minimum Gasteiger partial charge on any atom is -0.507 e. The summed E-state index contributed by atoms with van der Waals surface area (Å²) in [7, 11) is 0. The number of ether oxygens (including phenoxy) is 1. The van der Waals surface area contributed by atoms with E-state index in [4.69, 9.17) is 4.74 Å². The normalized spacial score (nSPS) is 12.8. The van der Waals surface area contributed by atoms with Gasteiger partial charge in [-0.15, -0.1) is 0 Å². The smallest absolute Gasteiger partial charge is 0.318 e. The molecule has 0 radical (unpaired) electrons. The molecule has 0 aromatic heterocycles. The Kier molecular flexibility index (Phi) is 7.11. The molecule has 0 aliphatic heterocycles. The van der Waals surface area contributed by atoms with Gasteiger partial charge in [0.05, 0.1) is 11.5 Å². The maximum atomic E-state index is 13.0. The molecular weight excluding hydrogens is 440 g/mol. The maximum Gasteiger partial charge on any atom is 0.318 e. The van der Waals surface area contributed by atoms with Crippen LogP contribution >= 0.6 is 0 Å². The highest BCUT2D eigenvalue weighted by Crippen LogP contribution is 2.41. The highest BCUT2D eigenvalue weighted by Gasteiger charge is 2.29. The molecule has 5 nitrogen and oxygen atoms in total. The number of carbonyl (C=O) groups excluding carboxylic acids is 2. The molecule has 3 aromatic carbocycles. The fourth-order valence-electron chi connectivity index (χ4n) is 3.90. The molecule has 0 amide bonds. The van der Waals surface area contributed by atoms with Crippen molar-refractivity contribution in [3.05, 3.63) is 88.5 Å². The van der Waals surface area contributed by atoms with Crippen LogP contribution in [0.3, 0.4) is 0 Å². The molecule has 35 heavy (non-hydrogen) atoms. The van der Waals surface area contributed by atoms with Crippen molar-refractivity contribution in [2.45, 2.75) is 65.2 Å². The number of ketones is 1. The van der Waals surface area contributed by atoms with E-state index in [-0.39, 0.29) is 39.4 Å². The van der Waals surface area contributed by atoms with E-state index in [1.807, 2.05) is 59.7 Å². The standard InChI is InChI=1S/C30H34O5/c1-18(20-15-23(29(2,3)4)27(33)24(16-20)30(5,6)7)28(34)35-21-13-14-22(25(31)17-21)26(32)19-11-9-8-10-12-19/h8-18,31,33H,1-7H3. The molecular formula is C30H34O5. The lowest BCUT2D eigenvalue weighted by atomic mass is 9.77. The summed E-state index contributed by atoms with van der Waals surface area (Å²) in [6.07, 6.45) is 0. The van der Waals surface area contributed by atoms with Crippen LogP contribution in [0.1, 0.15) is 87.0 Å². The fraction of sp³-hybridized carbons (Fsp3) is 0.333. The highest BCUT2D eigenvalue weighted by molar-refractivity contribution is 6.10. The highest BCUT2D eigenvalue weighted by atomic mass is 16.5. The second-order valence-electron chi connectivity index (χ2n) is 11.0. The zero-order valence-corrected chi connectivity index (χ0v) is 21.5. The van der Waals surface area contributed by atoms with Crippen LogP contribution in [-0.2, 0) is 15.6 Å². The molecule has 3 rings (SSSR count). The number of phenols is 2. The van der Waals surface area contributed by atoms with E-state index in [0.29, 0.717) is 5.56 Å². The van der Waals surface area contributed by atoms with E-state index in [1.54, 1.807) is 31.2 Å². The molecule has 184 valence electrons. The number of phenolic OH excluding ortho intramolecular Hbond substituents is 2. The van der Waals surface area contributed by atoms with Gasteiger partial charge >= 0.3 is 5.97 Å². The van der Waals surface area contributed by atoms with Crippen molar-refractivity contribution < 1.29 is 24.5 Å². The van der Waals surface area contributed by atoms with Gasteiger partial charge in [-0.05, 0) is 46.6 Å². The summed E-state index contributed by atoms with van der Waals surface area (Å²) >= 11 is 0. The molecule has 0 spiro atoms. The Labute approximate surface area is 207 Å². The third-order valence-corrected chi connectivity index (χ3v) is 6.07. The molecule has 0 saturated heterocycles. The summed E-state index contributed by atoms with van der Waals surface area (Å²) in [6.45, 7) is 13.8. The van der Waals surface area contributed by atoms with Crippen molar-refractivity contribution in [1.82, 2.24) is 0 Å². The topological polar surface area (TPSA) is 83.8 Å². The first-order valence-electron chi connectivity index (χ1n) is 11.7. The largest absolute Gasteiger partial charge is 0.507 e. The lowest BCUT2D eigenvalue weighted by Crippen LogP contribution is -2.21. The molecule has 0 aliphatic rings. The molecule has 5 heteroatoms. The Morgan fingerprint density at radius 3 is 1.83 bits per heavy atom. The number of rotatable bonds is 5. The quantitative estimate of drug-likeness (QED) is 0.246. The van der Waals surface area contributed by atoms with E-state index < -0.39 is 11.9 Å². The van der Waals surface area contributed by atoms with Gasteiger partial charge in [0.2, 0.25) is 0 Å². The van der Waals surface area contributed by atoms with Crippen LogP contribution in [0.4, 0.5) is 0 Å². The molecule has 0 heterocycles. The van der Waals surface area contributed by atoms with Crippen LogP contribution in [0.5, 0.6) is 17.2 Å². The fourth-order valence-corrected chi connectivity index (χ4v) is 3.90. The average Bonchev–Trinajstić information content (AvgIpc) is 2.77. The molecule has 0 fully saturated rings. The minimum atomic E-state index is -0.620. The van der Waals surface area contributed by atoms with Gasteiger partial charge in [-0.2, -0.15) is 0 Å². The molecule has 2 N–H and O–H groups in total. The maximum absolute atomic E-state index is 13.0. The van der Waals surface area contributed by atoms with Crippen LogP contribution in [-0.4, -0.2) is 22.0 Å². The second kappa shape index (κ2) is 9.57. The number of hydrogen-bond acceptors (Lipinski definition) is 5. The third-order valence-electron chi connectivity index (χ3n) is 6.07. The van der Waals surface area contributed by atoms with Gasteiger partial charge in [0.15, 0.2) is 5.78 Å². The first kappa shape index (κ1) is 26.0. The molecule has 0 aliphatic carbocycles. The third kappa shape index (κ3) is 5.73. The Morgan fingerprint density at radius 1 is 0.800 bits per heavy atom. The molecule has 0 bridgehead atoms. The first-order chi connectivity index (χ1) is 16.2. The second-order valence-corrected chi connectivity index (χ2v) is 11.0. The van der Waals surface area contributed by atoms with Crippen molar-refractivity contribution in [3.63, 3.8) is 0 Å². The first-order valence-corrected chi connectivity index (χ1v) is 11.7. The van der Waals surface area contributed by atoms with Crippen molar-refractivity contribution in [2.24, 2.45) is 0 Å². The Balaban J connectivity index is 1.88.